The third-order valence-corrected chi connectivity index (χ3v) is 4.25. The van der Waals surface area contributed by atoms with Gasteiger partial charge in [-0.2, -0.15) is 0 Å². The Kier molecular flexibility index (Phi) is 6.36. The fourth-order valence-electron chi connectivity index (χ4n) is 1.89. The van der Waals surface area contributed by atoms with Crippen LogP contribution in [0.15, 0.2) is 51.4 Å². The van der Waals surface area contributed by atoms with Gasteiger partial charge in [-0.1, -0.05) is 28.1 Å². The van der Waals surface area contributed by atoms with Gasteiger partial charge in [-0.25, -0.2) is 0 Å². The van der Waals surface area contributed by atoms with Gasteiger partial charge >= 0.3 is 5.97 Å². The highest BCUT2D eigenvalue weighted by atomic mass is 79.9. The van der Waals surface area contributed by atoms with E-state index in [9.17, 15) is 9.59 Å². The number of benzene rings is 2. The molecule has 0 aliphatic heterocycles. The van der Waals surface area contributed by atoms with Gasteiger partial charge in [0.1, 0.15) is 5.75 Å². The normalized spacial score (nSPS) is 10.2. The summed E-state index contributed by atoms with van der Waals surface area (Å²) in [4.78, 5) is 23.8. The third-order valence-electron chi connectivity index (χ3n) is 3.10. The van der Waals surface area contributed by atoms with E-state index in [0.717, 1.165) is 10.0 Å². The number of ether oxygens (including phenoxy) is 2. The zero-order valence-corrected chi connectivity index (χ0v) is 15.5. The van der Waals surface area contributed by atoms with Gasteiger partial charge in [-0.15, -0.1) is 0 Å². The molecule has 0 heterocycles. The molecule has 0 unspecified atom stereocenters. The van der Waals surface area contributed by atoms with Crippen molar-refractivity contribution in [3.63, 3.8) is 0 Å². The number of esters is 1. The van der Waals surface area contributed by atoms with Crippen LogP contribution in [0.1, 0.15) is 15.9 Å². The molecular weight excluding hydrogens is 428 g/mol. The van der Waals surface area contributed by atoms with Crippen molar-refractivity contribution in [3.8, 4) is 5.75 Å². The van der Waals surface area contributed by atoms with Crippen LogP contribution in [0.25, 0.3) is 0 Å². The molecule has 0 saturated carbocycles. The molecule has 0 atom stereocenters. The van der Waals surface area contributed by atoms with Crippen LogP contribution in [0, 0.1) is 0 Å². The quantitative estimate of drug-likeness (QED) is 0.498. The van der Waals surface area contributed by atoms with Crippen LogP contribution < -0.4 is 4.74 Å². The monoisotopic (exact) mass is 440 g/mol. The van der Waals surface area contributed by atoms with Crippen LogP contribution in [0.3, 0.4) is 0 Å². The van der Waals surface area contributed by atoms with Gasteiger partial charge in [0.25, 0.3) is 0 Å². The van der Waals surface area contributed by atoms with E-state index >= 15 is 0 Å². The molecule has 0 aliphatic rings. The first-order valence-corrected chi connectivity index (χ1v) is 8.35. The summed E-state index contributed by atoms with van der Waals surface area (Å²) in [6.45, 7) is -0.284. The fourth-order valence-corrected chi connectivity index (χ4v) is 2.69. The van der Waals surface area contributed by atoms with Gasteiger partial charge in [-0.3, -0.25) is 9.59 Å². The van der Waals surface area contributed by atoms with Crippen molar-refractivity contribution in [2.24, 2.45) is 0 Å². The molecule has 0 bridgehead atoms. The molecule has 0 fully saturated rings. The van der Waals surface area contributed by atoms with Gasteiger partial charge < -0.3 is 9.47 Å². The summed E-state index contributed by atoms with van der Waals surface area (Å²) < 4.78 is 11.8. The number of methoxy groups -OCH3 is 1. The Morgan fingerprint density at radius 1 is 1.04 bits per heavy atom. The molecule has 2 rings (SSSR count). The highest BCUT2D eigenvalue weighted by Crippen LogP contribution is 2.25. The maximum atomic E-state index is 12.1. The lowest BCUT2D eigenvalue weighted by molar-refractivity contribution is -0.141. The molecule has 2 aromatic carbocycles. The van der Waals surface area contributed by atoms with Crippen molar-refractivity contribution in [1.29, 1.82) is 0 Å². The number of carbonyl (C=O) groups is 2. The van der Waals surface area contributed by atoms with Gasteiger partial charge in [0.15, 0.2) is 12.4 Å². The number of rotatable bonds is 6. The van der Waals surface area contributed by atoms with E-state index in [1.807, 2.05) is 24.3 Å². The van der Waals surface area contributed by atoms with Crippen LogP contribution in [0.2, 0.25) is 0 Å². The summed E-state index contributed by atoms with van der Waals surface area (Å²) in [6.07, 6.45) is 0.132. The average Bonchev–Trinajstić information content (AvgIpc) is 2.54. The molecule has 0 amide bonds. The second-order valence-corrected chi connectivity index (χ2v) is 6.51. The third kappa shape index (κ3) is 5.18. The van der Waals surface area contributed by atoms with E-state index in [-0.39, 0.29) is 18.8 Å². The molecule has 0 saturated heterocycles. The molecule has 0 spiro atoms. The summed E-state index contributed by atoms with van der Waals surface area (Å²) >= 11 is 6.65. The van der Waals surface area contributed by atoms with Crippen molar-refractivity contribution in [3.05, 3.63) is 62.5 Å². The van der Waals surface area contributed by atoms with Crippen molar-refractivity contribution in [1.82, 2.24) is 0 Å². The fraction of sp³-hybridized carbons (Fsp3) is 0.176. The number of carbonyl (C=O) groups excluding carboxylic acids is 2. The topological polar surface area (TPSA) is 52.6 Å². The Morgan fingerprint density at radius 3 is 2.35 bits per heavy atom. The highest BCUT2D eigenvalue weighted by molar-refractivity contribution is 9.10. The summed E-state index contributed by atoms with van der Waals surface area (Å²) in [7, 11) is 1.55. The zero-order chi connectivity index (χ0) is 16.8. The lowest BCUT2D eigenvalue weighted by atomic mass is 10.1. The van der Waals surface area contributed by atoms with E-state index in [1.165, 1.54) is 0 Å². The largest absolute Gasteiger partial charge is 0.496 e. The second-order valence-electron chi connectivity index (χ2n) is 4.74. The van der Waals surface area contributed by atoms with Crippen LogP contribution in [0.4, 0.5) is 0 Å². The van der Waals surface area contributed by atoms with Crippen LogP contribution in [-0.2, 0) is 16.0 Å². The number of hydrogen-bond acceptors (Lipinski definition) is 4. The first kappa shape index (κ1) is 17.7. The molecule has 0 aromatic heterocycles. The Labute approximate surface area is 151 Å². The molecule has 0 radical (unpaired) electrons. The van der Waals surface area contributed by atoms with Crippen molar-refractivity contribution in [2.45, 2.75) is 6.42 Å². The first-order chi connectivity index (χ1) is 11.0. The van der Waals surface area contributed by atoms with E-state index in [2.05, 4.69) is 31.9 Å². The second kappa shape index (κ2) is 8.26. The Morgan fingerprint density at radius 2 is 1.74 bits per heavy atom. The van der Waals surface area contributed by atoms with E-state index in [4.69, 9.17) is 9.47 Å². The minimum atomic E-state index is -0.437. The Bertz CT molecular complexity index is 711. The SMILES string of the molecule is COc1ccc(C(=O)COC(=O)Cc2ccc(Br)cc2)cc1Br. The standard InChI is InChI=1S/C17H14Br2O4/c1-22-16-7-4-12(9-14(16)19)15(20)10-23-17(21)8-11-2-5-13(18)6-3-11/h2-7,9H,8,10H2,1H3. The first-order valence-electron chi connectivity index (χ1n) is 6.76. The molecule has 4 nitrogen and oxygen atoms in total. The summed E-state index contributed by atoms with van der Waals surface area (Å²) in [5.74, 6) is -0.0699. The minimum absolute atomic E-state index is 0.132. The lowest BCUT2D eigenvalue weighted by Gasteiger charge is -2.07. The highest BCUT2D eigenvalue weighted by Gasteiger charge is 2.12. The van der Waals surface area contributed by atoms with Gasteiger partial charge in [0.05, 0.1) is 18.0 Å². The number of Topliss-reactive ketones (excluding diaryl/α,β-unsaturated/α-hetero) is 1. The maximum Gasteiger partial charge on any atom is 0.310 e. The lowest BCUT2D eigenvalue weighted by Crippen LogP contribution is -2.15. The molecule has 23 heavy (non-hydrogen) atoms. The molecule has 0 aliphatic carbocycles. The van der Waals surface area contributed by atoms with Gasteiger partial charge in [0.2, 0.25) is 0 Å². The number of ketones is 1. The predicted octanol–water partition coefficient (Wildman–Crippen LogP) is 4.19. The molecule has 120 valence electrons. The maximum absolute atomic E-state index is 12.1. The molecule has 2 aromatic rings. The molecule has 6 heteroatoms. The zero-order valence-electron chi connectivity index (χ0n) is 12.3. The Balaban J connectivity index is 1.89. The van der Waals surface area contributed by atoms with Crippen molar-refractivity contribution in [2.75, 3.05) is 13.7 Å². The average molecular weight is 442 g/mol. The minimum Gasteiger partial charge on any atom is -0.496 e. The summed E-state index contributed by atoms with van der Waals surface area (Å²) in [5.41, 5.74) is 1.28. The van der Waals surface area contributed by atoms with E-state index in [1.54, 1.807) is 25.3 Å². The number of hydrogen-bond donors (Lipinski definition) is 0. The van der Waals surface area contributed by atoms with Crippen LogP contribution >= 0.6 is 31.9 Å². The van der Waals surface area contributed by atoms with Gasteiger partial charge in [-0.05, 0) is 51.8 Å². The van der Waals surface area contributed by atoms with Crippen molar-refractivity contribution >= 4 is 43.6 Å². The number of halogens is 2. The summed E-state index contributed by atoms with van der Waals surface area (Å²) in [5, 5.41) is 0. The van der Waals surface area contributed by atoms with Crippen molar-refractivity contribution < 1.29 is 19.1 Å². The summed E-state index contributed by atoms with van der Waals surface area (Å²) in [6, 6.07) is 12.3. The van der Waals surface area contributed by atoms with Gasteiger partial charge in [0, 0.05) is 10.0 Å². The van der Waals surface area contributed by atoms with E-state index in [0.29, 0.717) is 15.8 Å². The molecule has 0 N–H and O–H groups in total. The molecular formula is C17H14Br2O4. The van der Waals surface area contributed by atoms with Crippen LogP contribution in [-0.4, -0.2) is 25.5 Å². The Hall–Kier alpha value is -1.66. The smallest absolute Gasteiger partial charge is 0.310 e. The predicted molar refractivity (Wildman–Crippen MR) is 93.8 cm³/mol. The van der Waals surface area contributed by atoms with E-state index < -0.39 is 5.97 Å². The van der Waals surface area contributed by atoms with Crippen LogP contribution in [0.5, 0.6) is 5.75 Å².